The van der Waals surface area contributed by atoms with Gasteiger partial charge in [-0.05, 0) is 12.1 Å². The van der Waals surface area contributed by atoms with Crippen LogP contribution in [-0.2, 0) is 0 Å². The summed E-state index contributed by atoms with van der Waals surface area (Å²) in [6, 6.07) is 10.1. The van der Waals surface area contributed by atoms with Gasteiger partial charge in [0.25, 0.3) is 0 Å². The molecular weight excluding hydrogens is 202 g/mol. The van der Waals surface area contributed by atoms with Crippen LogP contribution < -0.4 is 3.93 Å². The Hall–Kier alpha value is 0.266. The van der Waals surface area contributed by atoms with Crippen LogP contribution in [0.15, 0.2) is 30.3 Å². The lowest BCUT2D eigenvalue weighted by Gasteiger charge is -2.07. The topological polar surface area (TPSA) is 3.24 Å². The Labute approximate surface area is 85.9 Å². The van der Waals surface area contributed by atoms with Gasteiger partial charge in [0.15, 0.2) is 0 Å². The van der Waals surface area contributed by atoms with E-state index in [0.29, 0.717) is 0 Å². The SMILES string of the molecule is CN(Br)c1ccccc1.[MgH2]. The Morgan fingerprint density at radius 1 is 1.20 bits per heavy atom. The van der Waals surface area contributed by atoms with Crippen molar-refractivity contribution in [3.05, 3.63) is 30.3 Å². The molecule has 10 heavy (non-hydrogen) atoms. The molecular formula is C7H10BrMgN. The third kappa shape index (κ3) is 2.90. The Kier molecular flexibility index (Phi) is 5.12. The van der Waals surface area contributed by atoms with E-state index >= 15 is 0 Å². The Bertz CT molecular complexity index is 176. The van der Waals surface area contributed by atoms with Crippen molar-refractivity contribution in [2.45, 2.75) is 0 Å². The summed E-state index contributed by atoms with van der Waals surface area (Å²) in [5, 5.41) is 0. The fraction of sp³-hybridized carbons (Fsp3) is 0.143. The van der Waals surface area contributed by atoms with E-state index in [1.807, 2.05) is 41.3 Å². The molecule has 0 heterocycles. The van der Waals surface area contributed by atoms with E-state index in [1.54, 1.807) is 0 Å². The van der Waals surface area contributed by atoms with Gasteiger partial charge in [-0.25, -0.2) is 0 Å². The molecule has 0 unspecified atom stereocenters. The fourth-order valence-electron chi connectivity index (χ4n) is 0.633. The molecule has 0 N–H and O–H groups in total. The molecule has 0 aliphatic heterocycles. The highest BCUT2D eigenvalue weighted by Gasteiger charge is 1.89. The molecule has 1 rings (SSSR count). The molecule has 0 aromatic heterocycles. The minimum atomic E-state index is 0. The molecule has 0 fully saturated rings. The number of halogens is 1. The van der Waals surface area contributed by atoms with Crippen molar-refractivity contribution in [3.8, 4) is 0 Å². The van der Waals surface area contributed by atoms with E-state index in [2.05, 4.69) is 16.1 Å². The van der Waals surface area contributed by atoms with Gasteiger partial charge >= 0.3 is 23.1 Å². The average Bonchev–Trinajstić information content (AvgIpc) is 1.90. The predicted octanol–water partition coefficient (Wildman–Crippen LogP) is 1.52. The highest BCUT2D eigenvalue weighted by atomic mass is 79.9. The van der Waals surface area contributed by atoms with E-state index in [9.17, 15) is 0 Å². The van der Waals surface area contributed by atoms with Crippen LogP contribution in [-0.4, -0.2) is 30.1 Å². The average molecular weight is 212 g/mol. The smallest absolute Gasteiger partial charge is 0.312 e. The van der Waals surface area contributed by atoms with Gasteiger partial charge in [-0.15, -0.1) is 0 Å². The van der Waals surface area contributed by atoms with E-state index in [0.717, 1.165) is 5.69 Å². The summed E-state index contributed by atoms with van der Waals surface area (Å²) < 4.78 is 1.90. The highest BCUT2D eigenvalue weighted by Crippen LogP contribution is 2.13. The second kappa shape index (κ2) is 4.99. The van der Waals surface area contributed by atoms with Crippen LogP contribution in [0.3, 0.4) is 0 Å². The summed E-state index contributed by atoms with van der Waals surface area (Å²) in [7, 11) is 1.95. The first-order valence-corrected chi connectivity index (χ1v) is 3.46. The van der Waals surface area contributed by atoms with Crippen molar-refractivity contribution in [1.82, 2.24) is 0 Å². The zero-order chi connectivity index (χ0) is 6.69. The standard InChI is InChI=1S/C7H8BrN.Mg.2H/c1-9(8)7-5-3-2-4-6-7;;;/h2-6H,1H3;;;. The van der Waals surface area contributed by atoms with E-state index in [4.69, 9.17) is 0 Å². The predicted molar refractivity (Wildman–Crippen MR) is 52.3 cm³/mol. The summed E-state index contributed by atoms with van der Waals surface area (Å²) in [5.74, 6) is 0. The van der Waals surface area contributed by atoms with Gasteiger partial charge in [0.1, 0.15) is 0 Å². The molecule has 0 radical (unpaired) electrons. The first-order chi connectivity index (χ1) is 4.30. The molecule has 1 aromatic rings. The zero-order valence-corrected chi connectivity index (χ0v) is 6.80. The number of benzene rings is 1. The van der Waals surface area contributed by atoms with Gasteiger partial charge in [0.05, 0.1) is 0 Å². The maximum absolute atomic E-state index is 3.32. The molecule has 3 heteroatoms. The molecule has 0 aliphatic rings. The molecule has 0 aliphatic carbocycles. The molecule has 0 amide bonds. The van der Waals surface area contributed by atoms with Crippen molar-refractivity contribution in [2.75, 3.05) is 11.0 Å². The van der Waals surface area contributed by atoms with Gasteiger partial charge in [0.2, 0.25) is 0 Å². The summed E-state index contributed by atoms with van der Waals surface area (Å²) >= 11 is 3.32. The van der Waals surface area contributed by atoms with E-state index in [-0.39, 0.29) is 23.1 Å². The van der Waals surface area contributed by atoms with Crippen molar-refractivity contribution in [3.63, 3.8) is 0 Å². The van der Waals surface area contributed by atoms with E-state index in [1.165, 1.54) is 0 Å². The van der Waals surface area contributed by atoms with Gasteiger partial charge < -0.3 is 3.93 Å². The molecule has 1 aromatic carbocycles. The van der Waals surface area contributed by atoms with Crippen LogP contribution in [0.2, 0.25) is 0 Å². The van der Waals surface area contributed by atoms with Gasteiger partial charge in [0, 0.05) is 28.9 Å². The minimum absolute atomic E-state index is 0. The van der Waals surface area contributed by atoms with Crippen LogP contribution in [0, 0.1) is 0 Å². The van der Waals surface area contributed by atoms with Crippen LogP contribution in [0.25, 0.3) is 0 Å². The Balaban J connectivity index is 0.000000810. The van der Waals surface area contributed by atoms with Crippen molar-refractivity contribution in [1.29, 1.82) is 0 Å². The molecule has 52 valence electrons. The van der Waals surface area contributed by atoms with Gasteiger partial charge in [-0.3, -0.25) is 0 Å². The summed E-state index contributed by atoms with van der Waals surface area (Å²) in [6.07, 6.45) is 0. The summed E-state index contributed by atoms with van der Waals surface area (Å²) in [4.78, 5) is 0. The second-order valence-corrected chi connectivity index (χ2v) is 2.88. The first kappa shape index (κ1) is 10.3. The lowest BCUT2D eigenvalue weighted by molar-refractivity contribution is 1.39. The lowest BCUT2D eigenvalue weighted by Crippen LogP contribution is -1.97. The Morgan fingerprint density at radius 2 is 1.70 bits per heavy atom. The maximum Gasteiger partial charge on any atom is 0.316 e. The largest absolute Gasteiger partial charge is 0.316 e. The van der Waals surface area contributed by atoms with Crippen molar-refractivity contribution >= 4 is 44.9 Å². The number of nitrogens with zero attached hydrogens (tertiary/aromatic N) is 1. The number of para-hydroxylation sites is 1. The third-order valence-electron chi connectivity index (χ3n) is 1.11. The highest BCUT2D eigenvalue weighted by molar-refractivity contribution is 9.10. The normalized spacial score (nSPS) is 8.20. The monoisotopic (exact) mass is 211 g/mol. The van der Waals surface area contributed by atoms with Crippen molar-refractivity contribution in [2.24, 2.45) is 0 Å². The van der Waals surface area contributed by atoms with Crippen LogP contribution in [0.1, 0.15) is 0 Å². The molecule has 0 saturated heterocycles. The molecule has 1 nitrogen and oxygen atoms in total. The van der Waals surface area contributed by atoms with Gasteiger partial charge in [-0.1, -0.05) is 18.2 Å². The number of rotatable bonds is 1. The number of hydrogen-bond donors (Lipinski definition) is 0. The number of anilines is 1. The third-order valence-corrected chi connectivity index (χ3v) is 1.52. The molecule has 0 spiro atoms. The van der Waals surface area contributed by atoms with Crippen molar-refractivity contribution < 1.29 is 0 Å². The van der Waals surface area contributed by atoms with Crippen LogP contribution in [0.4, 0.5) is 5.69 Å². The molecule has 0 atom stereocenters. The first-order valence-electron chi connectivity index (χ1n) is 2.75. The summed E-state index contributed by atoms with van der Waals surface area (Å²) in [6.45, 7) is 0. The fourth-order valence-corrected chi connectivity index (χ4v) is 0.870. The molecule has 0 saturated carbocycles. The molecule has 0 bridgehead atoms. The quantitative estimate of drug-likeness (QED) is 0.504. The van der Waals surface area contributed by atoms with Crippen LogP contribution >= 0.6 is 16.1 Å². The lowest BCUT2D eigenvalue weighted by atomic mass is 10.3. The maximum atomic E-state index is 3.32. The minimum Gasteiger partial charge on any atom is -0.312 e. The van der Waals surface area contributed by atoms with E-state index < -0.39 is 0 Å². The zero-order valence-electron chi connectivity index (χ0n) is 5.21. The summed E-state index contributed by atoms with van der Waals surface area (Å²) in [5.41, 5.74) is 1.16. The van der Waals surface area contributed by atoms with Crippen LogP contribution in [0.5, 0.6) is 0 Å². The Morgan fingerprint density at radius 3 is 2.00 bits per heavy atom. The van der Waals surface area contributed by atoms with Gasteiger partial charge in [-0.2, -0.15) is 0 Å². The number of hydrogen-bond acceptors (Lipinski definition) is 1. The second-order valence-electron chi connectivity index (χ2n) is 1.81.